The van der Waals surface area contributed by atoms with Crippen LogP contribution in [0.1, 0.15) is 42.0 Å². The number of aliphatic hydroxyl groups excluding tert-OH is 1. The van der Waals surface area contributed by atoms with Crippen molar-refractivity contribution in [3.05, 3.63) is 34.4 Å². The van der Waals surface area contributed by atoms with Crippen LogP contribution in [0.2, 0.25) is 0 Å². The average Bonchev–Trinajstić information content (AvgIpc) is 2.46. The summed E-state index contributed by atoms with van der Waals surface area (Å²) in [7, 11) is 0. The predicted molar refractivity (Wildman–Crippen MR) is 88.9 cm³/mol. The Labute approximate surface area is 133 Å². The molecule has 0 spiro atoms. The van der Waals surface area contributed by atoms with Gasteiger partial charge in [-0.05, 0) is 55.7 Å². The normalized spacial score (nSPS) is 17.4. The molecule has 122 valence electrons. The average molecular weight is 304 g/mol. The van der Waals surface area contributed by atoms with Gasteiger partial charge in [-0.15, -0.1) is 0 Å². The first-order chi connectivity index (χ1) is 10.3. The standard InChI is InChI=1S/C18H28N2O2/c1-13-9-14(2)16(15(3)10-13)11-19-17(22)20-7-5-18(4,12-21)6-8-20/h9-10,21H,5-8,11-12H2,1-4H3,(H,19,22). The Morgan fingerprint density at radius 3 is 2.27 bits per heavy atom. The third kappa shape index (κ3) is 3.80. The van der Waals surface area contributed by atoms with Gasteiger partial charge in [0.25, 0.3) is 0 Å². The van der Waals surface area contributed by atoms with E-state index in [0.29, 0.717) is 6.54 Å². The number of hydrogen-bond acceptors (Lipinski definition) is 2. The molecule has 1 aromatic carbocycles. The van der Waals surface area contributed by atoms with Gasteiger partial charge in [0.1, 0.15) is 0 Å². The Morgan fingerprint density at radius 2 is 1.77 bits per heavy atom. The second-order valence-electron chi connectivity index (χ2n) is 6.99. The molecule has 0 aliphatic carbocycles. The molecule has 1 saturated heterocycles. The van der Waals surface area contributed by atoms with Crippen molar-refractivity contribution in [1.29, 1.82) is 0 Å². The summed E-state index contributed by atoms with van der Waals surface area (Å²) < 4.78 is 0. The number of aryl methyl sites for hydroxylation is 3. The molecule has 0 saturated carbocycles. The van der Waals surface area contributed by atoms with Crippen LogP contribution in [-0.2, 0) is 6.54 Å². The first-order valence-corrected chi connectivity index (χ1v) is 8.05. The van der Waals surface area contributed by atoms with Gasteiger partial charge >= 0.3 is 6.03 Å². The van der Waals surface area contributed by atoms with Crippen molar-refractivity contribution >= 4 is 6.03 Å². The number of amides is 2. The SMILES string of the molecule is Cc1cc(C)c(CNC(=O)N2CCC(C)(CO)CC2)c(C)c1. The largest absolute Gasteiger partial charge is 0.396 e. The molecule has 2 N–H and O–H groups in total. The lowest BCUT2D eigenvalue weighted by molar-refractivity contribution is 0.0700. The molecule has 0 unspecified atom stereocenters. The molecule has 1 aliphatic rings. The van der Waals surface area contributed by atoms with Gasteiger partial charge in [-0.3, -0.25) is 0 Å². The first kappa shape index (κ1) is 16.8. The van der Waals surface area contributed by atoms with Gasteiger partial charge in [0.2, 0.25) is 0 Å². The van der Waals surface area contributed by atoms with Crippen molar-refractivity contribution in [3.8, 4) is 0 Å². The van der Waals surface area contributed by atoms with Crippen LogP contribution in [-0.4, -0.2) is 35.7 Å². The number of piperidine rings is 1. The second-order valence-corrected chi connectivity index (χ2v) is 6.99. The van der Waals surface area contributed by atoms with Crippen LogP contribution in [0, 0.1) is 26.2 Å². The zero-order chi connectivity index (χ0) is 16.3. The van der Waals surface area contributed by atoms with Crippen LogP contribution in [0.5, 0.6) is 0 Å². The summed E-state index contributed by atoms with van der Waals surface area (Å²) >= 11 is 0. The number of nitrogens with zero attached hydrogens (tertiary/aromatic N) is 1. The lowest BCUT2D eigenvalue weighted by Crippen LogP contribution is -2.47. The molecule has 1 fully saturated rings. The van der Waals surface area contributed by atoms with Gasteiger partial charge in [-0.2, -0.15) is 0 Å². The van der Waals surface area contributed by atoms with Crippen molar-refractivity contribution in [1.82, 2.24) is 10.2 Å². The molecule has 0 aromatic heterocycles. The van der Waals surface area contributed by atoms with Crippen molar-refractivity contribution in [3.63, 3.8) is 0 Å². The quantitative estimate of drug-likeness (QED) is 0.902. The Balaban J connectivity index is 1.92. The summed E-state index contributed by atoms with van der Waals surface area (Å²) in [5.74, 6) is 0. The van der Waals surface area contributed by atoms with Gasteiger partial charge in [-0.1, -0.05) is 24.6 Å². The van der Waals surface area contributed by atoms with E-state index in [1.165, 1.54) is 22.3 Å². The van der Waals surface area contributed by atoms with Gasteiger partial charge in [0.05, 0.1) is 0 Å². The molecule has 0 radical (unpaired) electrons. The molecule has 0 atom stereocenters. The fourth-order valence-electron chi connectivity index (χ4n) is 3.17. The molecule has 0 bridgehead atoms. The summed E-state index contributed by atoms with van der Waals surface area (Å²) in [6, 6.07) is 4.31. The van der Waals surface area contributed by atoms with Crippen LogP contribution < -0.4 is 5.32 Å². The second kappa shape index (κ2) is 6.69. The van der Waals surface area contributed by atoms with E-state index in [1.54, 1.807) is 0 Å². The summed E-state index contributed by atoms with van der Waals surface area (Å²) in [5.41, 5.74) is 4.88. The lowest BCUT2D eigenvalue weighted by atomic mass is 9.81. The number of rotatable bonds is 3. The fraction of sp³-hybridized carbons (Fsp3) is 0.611. The number of urea groups is 1. The highest BCUT2D eigenvalue weighted by molar-refractivity contribution is 5.74. The van der Waals surface area contributed by atoms with Crippen molar-refractivity contribution in [2.24, 2.45) is 5.41 Å². The Kier molecular flexibility index (Phi) is 5.12. The minimum atomic E-state index is -0.0269. The highest BCUT2D eigenvalue weighted by Gasteiger charge is 2.31. The van der Waals surface area contributed by atoms with Crippen LogP contribution >= 0.6 is 0 Å². The lowest BCUT2D eigenvalue weighted by Gasteiger charge is -2.38. The van der Waals surface area contributed by atoms with Crippen LogP contribution in [0.3, 0.4) is 0 Å². The fourth-order valence-corrected chi connectivity index (χ4v) is 3.17. The minimum absolute atomic E-state index is 0.000588. The zero-order valence-electron chi connectivity index (χ0n) is 14.2. The maximum Gasteiger partial charge on any atom is 0.317 e. The van der Waals surface area contributed by atoms with Gasteiger partial charge in [-0.25, -0.2) is 4.79 Å². The summed E-state index contributed by atoms with van der Waals surface area (Å²) in [6.45, 7) is 10.6. The maximum atomic E-state index is 12.3. The Bertz CT molecular complexity index is 523. The highest BCUT2D eigenvalue weighted by Crippen LogP contribution is 2.30. The Hall–Kier alpha value is -1.55. The topological polar surface area (TPSA) is 52.6 Å². The monoisotopic (exact) mass is 304 g/mol. The number of nitrogens with one attached hydrogen (secondary N) is 1. The van der Waals surface area contributed by atoms with Crippen LogP contribution in [0.4, 0.5) is 4.79 Å². The van der Waals surface area contributed by atoms with Crippen molar-refractivity contribution in [2.75, 3.05) is 19.7 Å². The molecule has 1 aromatic rings. The number of hydrogen-bond donors (Lipinski definition) is 2. The Morgan fingerprint density at radius 1 is 1.23 bits per heavy atom. The molecular formula is C18H28N2O2. The van der Waals surface area contributed by atoms with E-state index in [9.17, 15) is 9.90 Å². The number of benzene rings is 1. The van der Waals surface area contributed by atoms with Crippen LogP contribution in [0.15, 0.2) is 12.1 Å². The van der Waals surface area contributed by atoms with E-state index in [4.69, 9.17) is 0 Å². The predicted octanol–water partition coefficient (Wildman–Crippen LogP) is 2.92. The zero-order valence-corrected chi connectivity index (χ0v) is 14.2. The van der Waals surface area contributed by atoms with E-state index in [0.717, 1.165) is 25.9 Å². The summed E-state index contributed by atoms with van der Waals surface area (Å²) in [6.07, 6.45) is 1.72. The van der Waals surface area contributed by atoms with E-state index in [2.05, 4.69) is 45.1 Å². The molecule has 22 heavy (non-hydrogen) atoms. The van der Waals surface area contributed by atoms with E-state index in [1.807, 2.05) is 4.90 Å². The first-order valence-electron chi connectivity index (χ1n) is 8.05. The summed E-state index contributed by atoms with van der Waals surface area (Å²) in [5, 5.41) is 12.4. The van der Waals surface area contributed by atoms with Gasteiger partial charge < -0.3 is 15.3 Å². The molecule has 1 heterocycles. The summed E-state index contributed by atoms with van der Waals surface area (Å²) in [4.78, 5) is 14.2. The van der Waals surface area contributed by atoms with Gasteiger partial charge in [0, 0.05) is 26.2 Å². The van der Waals surface area contributed by atoms with Gasteiger partial charge in [0.15, 0.2) is 0 Å². The molecule has 2 rings (SSSR count). The molecule has 2 amide bonds. The third-order valence-electron chi connectivity index (χ3n) is 4.90. The van der Waals surface area contributed by atoms with Crippen molar-refractivity contribution < 1.29 is 9.90 Å². The number of carbonyl (C=O) groups excluding carboxylic acids is 1. The van der Waals surface area contributed by atoms with E-state index < -0.39 is 0 Å². The maximum absolute atomic E-state index is 12.3. The van der Waals surface area contributed by atoms with E-state index >= 15 is 0 Å². The van der Waals surface area contributed by atoms with E-state index in [-0.39, 0.29) is 18.1 Å². The molecular weight excluding hydrogens is 276 g/mol. The third-order valence-corrected chi connectivity index (χ3v) is 4.90. The molecule has 4 nitrogen and oxygen atoms in total. The highest BCUT2D eigenvalue weighted by atomic mass is 16.3. The van der Waals surface area contributed by atoms with Crippen LogP contribution in [0.25, 0.3) is 0 Å². The van der Waals surface area contributed by atoms with Crippen molar-refractivity contribution in [2.45, 2.75) is 47.1 Å². The number of carbonyl (C=O) groups is 1. The minimum Gasteiger partial charge on any atom is -0.396 e. The molecule has 1 aliphatic heterocycles. The number of aliphatic hydroxyl groups is 1. The molecule has 4 heteroatoms. The number of likely N-dealkylation sites (tertiary alicyclic amines) is 1. The smallest absolute Gasteiger partial charge is 0.317 e.